The molecule has 0 bridgehead atoms. The molecule has 0 aliphatic carbocycles. The molecule has 2 saturated heterocycles. The van der Waals surface area contributed by atoms with Gasteiger partial charge in [-0.1, -0.05) is 0 Å². The Morgan fingerprint density at radius 3 is 2.14 bits per heavy atom. The molecule has 0 radical (unpaired) electrons. The normalized spacial score (nSPS) is 30.5. The van der Waals surface area contributed by atoms with E-state index >= 15 is 0 Å². The zero-order valence-electron chi connectivity index (χ0n) is 14.5. The van der Waals surface area contributed by atoms with Crippen LogP contribution in [0.1, 0.15) is 41.0 Å². The summed E-state index contributed by atoms with van der Waals surface area (Å²) in [6, 6.07) is -0.424. The van der Waals surface area contributed by atoms with Crippen molar-refractivity contribution in [1.29, 1.82) is 0 Å². The molecule has 0 aromatic rings. The third kappa shape index (κ3) is 3.60. The van der Waals surface area contributed by atoms with Crippen LogP contribution in [-0.4, -0.2) is 71.7 Å². The first kappa shape index (κ1) is 17.2. The Balaban J connectivity index is 2.17. The first-order valence-corrected chi connectivity index (χ1v) is 7.84. The topological polar surface area (TPSA) is 59.1 Å². The highest BCUT2D eigenvalue weighted by molar-refractivity contribution is 5.88. The van der Waals surface area contributed by atoms with Gasteiger partial charge in [0.25, 0.3) is 0 Å². The second kappa shape index (κ2) is 5.81. The van der Waals surface area contributed by atoms with E-state index in [1.54, 1.807) is 12.0 Å². The molecule has 0 N–H and O–H groups in total. The second-order valence-corrected chi connectivity index (χ2v) is 7.60. The highest BCUT2D eigenvalue weighted by Gasteiger charge is 2.45. The van der Waals surface area contributed by atoms with E-state index in [9.17, 15) is 9.59 Å². The van der Waals surface area contributed by atoms with E-state index in [0.717, 1.165) is 0 Å². The number of methoxy groups -OCH3 is 1. The Morgan fingerprint density at radius 2 is 1.68 bits per heavy atom. The average Bonchev–Trinajstić information content (AvgIpc) is 2.78. The van der Waals surface area contributed by atoms with Crippen molar-refractivity contribution in [2.24, 2.45) is 0 Å². The summed E-state index contributed by atoms with van der Waals surface area (Å²) in [6.07, 6.45) is 0.493. The van der Waals surface area contributed by atoms with Gasteiger partial charge in [0, 0.05) is 40.1 Å². The smallest absolute Gasteiger partial charge is 0.245 e. The van der Waals surface area contributed by atoms with Crippen LogP contribution in [0.3, 0.4) is 0 Å². The Bertz CT molecular complexity index is 445. The molecule has 0 spiro atoms. The molecule has 6 nitrogen and oxygen atoms in total. The molecular weight excluding hydrogens is 284 g/mol. The first-order valence-electron chi connectivity index (χ1n) is 7.84. The zero-order valence-corrected chi connectivity index (χ0v) is 14.5. The maximum Gasteiger partial charge on any atom is 0.245 e. The average molecular weight is 312 g/mol. The predicted octanol–water partition coefficient (Wildman–Crippen LogP) is 1.04. The highest BCUT2D eigenvalue weighted by atomic mass is 16.5. The number of nitrogens with zero attached hydrogens (tertiary/aromatic N) is 2. The standard InChI is InChI=1S/C16H28N2O4/c1-11(19)18-8-12(21-6)7-13(18)14(20)17-9-15(2,3)22-16(4,5)10-17/h12-13H,7-10H2,1-6H3/t12-,13+/m0/s1. The van der Waals surface area contributed by atoms with Crippen LogP contribution in [0.25, 0.3) is 0 Å². The molecule has 2 rings (SSSR count). The second-order valence-electron chi connectivity index (χ2n) is 7.60. The van der Waals surface area contributed by atoms with Gasteiger partial charge < -0.3 is 19.3 Å². The van der Waals surface area contributed by atoms with Crippen molar-refractivity contribution >= 4 is 11.8 Å². The van der Waals surface area contributed by atoms with Crippen LogP contribution in [0.15, 0.2) is 0 Å². The van der Waals surface area contributed by atoms with Crippen molar-refractivity contribution in [3.8, 4) is 0 Å². The molecule has 22 heavy (non-hydrogen) atoms. The summed E-state index contributed by atoms with van der Waals surface area (Å²) < 4.78 is 11.4. The van der Waals surface area contributed by atoms with Gasteiger partial charge in [0.2, 0.25) is 11.8 Å². The number of morpholine rings is 1. The number of amides is 2. The van der Waals surface area contributed by atoms with Crippen molar-refractivity contribution in [2.75, 3.05) is 26.7 Å². The third-order valence-corrected chi connectivity index (χ3v) is 4.29. The van der Waals surface area contributed by atoms with Gasteiger partial charge in [-0.05, 0) is 27.7 Å². The summed E-state index contributed by atoms with van der Waals surface area (Å²) in [5.41, 5.74) is -0.782. The number of rotatable bonds is 2. The van der Waals surface area contributed by atoms with Crippen molar-refractivity contribution in [3.05, 3.63) is 0 Å². The van der Waals surface area contributed by atoms with Crippen LogP contribution in [0.5, 0.6) is 0 Å². The van der Waals surface area contributed by atoms with Gasteiger partial charge in [-0.3, -0.25) is 9.59 Å². The first-order chi connectivity index (χ1) is 10.0. The lowest BCUT2D eigenvalue weighted by molar-refractivity contribution is -0.190. The van der Waals surface area contributed by atoms with Crippen LogP contribution >= 0.6 is 0 Å². The van der Waals surface area contributed by atoms with Gasteiger partial charge in [0.15, 0.2) is 0 Å². The van der Waals surface area contributed by atoms with Gasteiger partial charge in [-0.2, -0.15) is 0 Å². The SMILES string of the molecule is CO[C@H]1C[C@H](C(=O)N2CC(C)(C)OC(C)(C)C2)N(C(C)=O)C1. The summed E-state index contributed by atoms with van der Waals surface area (Å²) in [5.74, 6) is -0.0797. The summed E-state index contributed by atoms with van der Waals surface area (Å²) in [4.78, 5) is 28.3. The molecule has 2 aliphatic rings. The maximum absolute atomic E-state index is 13.0. The molecular formula is C16H28N2O4. The lowest BCUT2D eigenvalue weighted by Crippen LogP contribution is -2.61. The fourth-order valence-electron chi connectivity index (χ4n) is 3.70. The molecule has 0 saturated carbocycles. The Hall–Kier alpha value is -1.14. The third-order valence-electron chi connectivity index (χ3n) is 4.29. The molecule has 2 aliphatic heterocycles. The Kier molecular flexibility index (Phi) is 4.55. The minimum absolute atomic E-state index is 0.000741. The Morgan fingerprint density at radius 1 is 1.14 bits per heavy atom. The van der Waals surface area contributed by atoms with Crippen LogP contribution < -0.4 is 0 Å². The predicted molar refractivity (Wildman–Crippen MR) is 82.4 cm³/mol. The van der Waals surface area contributed by atoms with Gasteiger partial charge in [-0.25, -0.2) is 0 Å². The lowest BCUT2D eigenvalue weighted by atomic mass is 9.98. The van der Waals surface area contributed by atoms with E-state index in [-0.39, 0.29) is 17.9 Å². The molecule has 2 heterocycles. The minimum Gasteiger partial charge on any atom is -0.380 e. The summed E-state index contributed by atoms with van der Waals surface area (Å²) in [5, 5.41) is 0. The number of hydrogen-bond acceptors (Lipinski definition) is 4. The summed E-state index contributed by atoms with van der Waals surface area (Å²) in [6.45, 7) is 11.0. The Labute approximate surface area is 132 Å². The van der Waals surface area contributed by atoms with E-state index in [1.165, 1.54) is 6.92 Å². The maximum atomic E-state index is 13.0. The van der Waals surface area contributed by atoms with E-state index in [1.807, 2.05) is 32.6 Å². The molecule has 2 fully saturated rings. The molecule has 2 amide bonds. The van der Waals surface area contributed by atoms with Crippen LogP contribution in [0.2, 0.25) is 0 Å². The van der Waals surface area contributed by atoms with Crippen LogP contribution in [-0.2, 0) is 19.1 Å². The van der Waals surface area contributed by atoms with E-state index in [2.05, 4.69) is 0 Å². The largest absolute Gasteiger partial charge is 0.380 e. The van der Waals surface area contributed by atoms with Gasteiger partial charge in [0.1, 0.15) is 6.04 Å². The van der Waals surface area contributed by atoms with Gasteiger partial charge in [0.05, 0.1) is 17.3 Å². The number of carbonyl (C=O) groups is 2. The van der Waals surface area contributed by atoms with Crippen molar-refractivity contribution in [3.63, 3.8) is 0 Å². The molecule has 126 valence electrons. The number of likely N-dealkylation sites (tertiary alicyclic amines) is 1. The van der Waals surface area contributed by atoms with Gasteiger partial charge >= 0.3 is 0 Å². The van der Waals surface area contributed by atoms with Crippen LogP contribution in [0.4, 0.5) is 0 Å². The molecule has 6 heteroatoms. The quantitative estimate of drug-likeness (QED) is 0.764. The summed E-state index contributed by atoms with van der Waals surface area (Å²) in [7, 11) is 1.62. The molecule has 0 unspecified atom stereocenters. The molecule has 2 atom stereocenters. The van der Waals surface area contributed by atoms with E-state index < -0.39 is 17.2 Å². The van der Waals surface area contributed by atoms with Crippen molar-refractivity contribution < 1.29 is 19.1 Å². The lowest BCUT2D eigenvalue weighted by Gasteiger charge is -2.48. The van der Waals surface area contributed by atoms with E-state index in [0.29, 0.717) is 26.1 Å². The van der Waals surface area contributed by atoms with Crippen molar-refractivity contribution in [2.45, 2.75) is 64.4 Å². The highest BCUT2D eigenvalue weighted by Crippen LogP contribution is 2.30. The fourth-order valence-corrected chi connectivity index (χ4v) is 3.70. The number of hydrogen-bond donors (Lipinski definition) is 0. The van der Waals surface area contributed by atoms with Crippen molar-refractivity contribution in [1.82, 2.24) is 9.80 Å². The molecule has 0 aromatic carbocycles. The zero-order chi connectivity index (χ0) is 16.7. The van der Waals surface area contributed by atoms with Crippen LogP contribution in [0, 0.1) is 0 Å². The minimum atomic E-state index is -0.424. The summed E-state index contributed by atoms with van der Waals surface area (Å²) >= 11 is 0. The fraction of sp³-hybridized carbons (Fsp3) is 0.875. The van der Waals surface area contributed by atoms with Gasteiger partial charge in [-0.15, -0.1) is 0 Å². The monoisotopic (exact) mass is 312 g/mol. The van der Waals surface area contributed by atoms with E-state index in [4.69, 9.17) is 9.47 Å². The number of carbonyl (C=O) groups excluding carboxylic acids is 2. The number of ether oxygens (including phenoxy) is 2. The molecule has 0 aromatic heterocycles.